The molecule has 1 aliphatic rings. The first-order chi connectivity index (χ1) is 24.7. The van der Waals surface area contributed by atoms with Crippen LogP contribution < -0.4 is 21.3 Å². The molecule has 2 atom stereocenters. The van der Waals surface area contributed by atoms with Crippen LogP contribution in [-0.4, -0.2) is 93.5 Å². The summed E-state index contributed by atoms with van der Waals surface area (Å²) in [4.78, 5) is 64.4. The van der Waals surface area contributed by atoms with Crippen LogP contribution in [0.4, 0.5) is 21.9 Å². The number of aliphatic hydroxyl groups excluding tert-OH is 2. The zero-order valence-electron chi connectivity index (χ0n) is 28.6. The van der Waals surface area contributed by atoms with Crippen LogP contribution in [0.2, 0.25) is 0 Å². The molecule has 5 rings (SSSR count). The fraction of sp³-hybridized carbons (Fsp3) is 0.343. The molecule has 1 fully saturated rings. The number of morpholine rings is 1. The van der Waals surface area contributed by atoms with Crippen LogP contribution in [0.5, 0.6) is 0 Å². The van der Waals surface area contributed by atoms with Gasteiger partial charge in [-0.05, 0) is 80.9 Å². The Balaban J connectivity index is 1.51. The summed E-state index contributed by atoms with van der Waals surface area (Å²) in [5.74, 6) is -1.37. The molecule has 52 heavy (non-hydrogen) atoms. The number of H-pyrrole nitrogens is 1. The minimum atomic E-state index is -1.49. The van der Waals surface area contributed by atoms with Crippen LogP contribution in [-0.2, 0) is 25.6 Å². The summed E-state index contributed by atoms with van der Waals surface area (Å²) in [6, 6.07) is 12.4. The van der Waals surface area contributed by atoms with Gasteiger partial charge in [-0.3, -0.25) is 19.3 Å². The highest BCUT2D eigenvalue weighted by Crippen LogP contribution is 2.29. The van der Waals surface area contributed by atoms with Crippen molar-refractivity contribution in [1.29, 1.82) is 0 Å². The first kappa shape index (κ1) is 38.7. The number of nitrogens with zero attached hydrogens (tertiary/aromatic N) is 3. The number of amides is 4. The lowest BCUT2D eigenvalue weighted by Gasteiger charge is -2.34. The second kappa shape index (κ2) is 16.4. The molecule has 1 aliphatic heterocycles. The van der Waals surface area contributed by atoms with Crippen molar-refractivity contribution < 1.29 is 38.9 Å². The van der Waals surface area contributed by atoms with Crippen LogP contribution in [0.15, 0.2) is 63.5 Å². The van der Waals surface area contributed by atoms with Gasteiger partial charge in [0.25, 0.3) is 11.8 Å². The number of carbonyl (C=O) groups is 4. The number of hydrogen-bond acceptors (Lipinski definition) is 10. The fourth-order valence-electron chi connectivity index (χ4n) is 5.49. The monoisotopic (exact) mass is 843 g/mol. The molecule has 3 aromatic carbocycles. The lowest BCUT2D eigenvalue weighted by Crippen LogP contribution is -2.51. The van der Waals surface area contributed by atoms with Crippen molar-refractivity contribution in [2.24, 2.45) is 0 Å². The predicted molar refractivity (Wildman–Crippen MR) is 201 cm³/mol. The Kier molecular flexibility index (Phi) is 12.2. The number of anilines is 3. The third-order valence-corrected chi connectivity index (χ3v) is 8.98. The molecule has 4 aromatic rings. The van der Waals surface area contributed by atoms with Crippen LogP contribution in [0, 0.1) is 0 Å². The maximum Gasteiger partial charge on any atom is 0.411 e. The van der Waals surface area contributed by atoms with E-state index in [9.17, 15) is 29.4 Å². The van der Waals surface area contributed by atoms with Crippen molar-refractivity contribution in [3.63, 3.8) is 0 Å². The van der Waals surface area contributed by atoms with Gasteiger partial charge in [-0.1, -0.05) is 31.9 Å². The number of nitrogens with two attached hydrogens (primary N) is 1. The third-order valence-electron chi connectivity index (χ3n) is 7.99. The van der Waals surface area contributed by atoms with Gasteiger partial charge in [-0.2, -0.15) is 0 Å². The highest BCUT2D eigenvalue weighted by atomic mass is 79.9. The number of carbonyl (C=O) groups excluding carboxylic acids is 4. The SMILES string of the molecule is CC(C)(C)OC(=O)N(Cc1cc(C(=O)N[C@@H](CO)c2nc3ccc(Br)cc3[nH]2)ccc1N1CCOCC1=O)[C@@H](CO)C(=O)Nc1ccc(Br)cc1N. The zero-order chi connectivity index (χ0) is 37.7. The van der Waals surface area contributed by atoms with E-state index in [0.29, 0.717) is 27.0 Å². The lowest BCUT2D eigenvalue weighted by molar-refractivity contribution is -0.126. The van der Waals surface area contributed by atoms with Gasteiger partial charge in [0.2, 0.25) is 5.91 Å². The van der Waals surface area contributed by atoms with Gasteiger partial charge in [-0.15, -0.1) is 0 Å². The van der Waals surface area contributed by atoms with E-state index in [2.05, 4.69) is 52.5 Å². The van der Waals surface area contributed by atoms with E-state index in [1.54, 1.807) is 51.1 Å². The summed E-state index contributed by atoms with van der Waals surface area (Å²) in [6.45, 7) is 3.56. The van der Waals surface area contributed by atoms with Gasteiger partial charge in [0.05, 0.1) is 48.8 Å². The molecule has 0 radical (unpaired) electrons. The number of aliphatic hydroxyl groups is 2. The van der Waals surface area contributed by atoms with Crippen LogP contribution >= 0.6 is 31.9 Å². The largest absolute Gasteiger partial charge is 0.444 e. The van der Waals surface area contributed by atoms with Crippen molar-refractivity contribution >= 4 is 83.8 Å². The van der Waals surface area contributed by atoms with Crippen molar-refractivity contribution in [3.8, 4) is 0 Å². The minimum absolute atomic E-state index is 0.119. The molecule has 276 valence electrons. The molecule has 0 bridgehead atoms. The molecular formula is C35H39Br2N7O8. The van der Waals surface area contributed by atoms with Gasteiger partial charge in [0.15, 0.2) is 0 Å². The van der Waals surface area contributed by atoms with Crippen LogP contribution in [0.3, 0.4) is 0 Å². The molecule has 0 unspecified atom stereocenters. The number of nitrogen functional groups attached to an aromatic ring is 1. The Morgan fingerprint density at radius 3 is 2.48 bits per heavy atom. The molecule has 4 amide bonds. The highest BCUT2D eigenvalue weighted by Gasteiger charge is 2.35. The lowest BCUT2D eigenvalue weighted by atomic mass is 10.0. The smallest absolute Gasteiger partial charge is 0.411 e. The highest BCUT2D eigenvalue weighted by molar-refractivity contribution is 9.10. The summed E-state index contributed by atoms with van der Waals surface area (Å²) < 4.78 is 12.5. The van der Waals surface area contributed by atoms with Crippen molar-refractivity contribution in [1.82, 2.24) is 20.2 Å². The summed E-state index contributed by atoms with van der Waals surface area (Å²) >= 11 is 6.74. The predicted octanol–water partition coefficient (Wildman–Crippen LogP) is 4.23. The van der Waals surface area contributed by atoms with E-state index in [-0.39, 0.29) is 54.7 Å². The molecule has 1 saturated heterocycles. The Bertz CT molecular complexity index is 1980. The molecule has 0 saturated carbocycles. The zero-order valence-corrected chi connectivity index (χ0v) is 31.8. The molecule has 15 nitrogen and oxygen atoms in total. The quantitative estimate of drug-likeness (QED) is 0.118. The molecule has 1 aromatic heterocycles. The average molecular weight is 846 g/mol. The first-order valence-electron chi connectivity index (χ1n) is 16.2. The number of benzene rings is 3. The standard InChI is InChI=1S/C35H39Br2N7O8/c1-35(2,3)52-34(50)44(29(17-46)33(49)41-24-7-5-21(36)13-23(24)38)15-20-12-19(4-9-28(20)43-10-11-51-18-30(43)47)32(48)42-27(16-45)31-39-25-8-6-22(37)14-26(25)40-31/h4-9,12-14,27,29,45-46H,10-11,15-18,38H2,1-3H3,(H,39,40)(H,41,49)(H,42,48)/t27-,29-/m0/s1. The second-order valence-electron chi connectivity index (χ2n) is 13.0. The number of aromatic nitrogens is 2. The average Bonchev–Trinajstić information content (AvgIpc) is 3.50. The number of ether oxygens (including phenoxy) is 2. The minimum Gasteiger partial charge on any atom is -0.444 e. The normalized spacial score (nSPS) is 14.5. The van der Waals surface area contributed by atoms with E-state index in [0.717, 1.165) is 9.37 Å². The number of halogens is 2. The maximum atomic E-state index is 13.8. The molecule has 17 heteroatoms. The van der Waals surface area contributed by atoms with Crippen molar-refractivity contribution in [2.45, 2.75) is 45.0 Å². The summed E-state index contributed by atoms with van der Waals surface area (Å²) in [5, 5.41) is 26.2. The van der Waals surface area contributed by atoms with E-state index >= 15 is 0 Å². The van der Waals surface area contributed by atoms with Gasteiger partial charge in [-0.25, -0.2) is 9.78 Å². The summed E-state index contributed by atoms with van der Waals surface area (Å²) in [5.41, 5.74) is 7.71. The Morgan fingerprint density at radius 2 is 1.81 bits per heavy atom. The van der Waals surface area contributed by atoms with E-state index in [1.807, 2.05) is 12.1 Å². The summed E-state index contributed by atoms with van der Waals surface area (Å²) in [6.07, 6.45) is -0.934. The molecule has 2 heterocycles. The van der Waals surface area contributed by atoms with Crippen molar-refractivity contribution in [3.05, 3.63) is 80.5 Å². The Morgan fingerprint density at radius 1 is 1.08 bits per heavy atom. The number of aromatic amines is 1. The van der Waals surface area contributed by atoms with Crippen LogP contribution in [0.1, 0.15) is 48.6 Å². The molecular weight excluding hydrogens is 806 g/mol. The van der Waals surface area contributed by atoms with E-state index < -0.39 is 48.8 Å². The van der Waals surface area contributed by atoms with E-state index in [1.165, 1.54) is 17.0 Å². The van der Waals surface area contributed by atoms with E-state index in [4.69, 9.17) is 15.2 Å². The molecule has 0 aliphatic carbocycles. The topological polar surface area (TPSA) is 212 Å². The number of nitrogens with one attached hydrogen (secondary N) is 3. The van der Waals surface area contributed by atoms with Gasteiger partial charge in [0.1, 0.15) is 30.1 Å². The number of imidazole rings is 1. The third kappa shape index (κ3) is 9.27. The van der Waals surface area contributed by atoms with Gasteiger partial charge >= 0.3 is 6.09 Å². The van der Waals surface area contributed by atoms with Gasteiger partial charge < -0.3 is 45.9 Å². The Labute approximate surface area is 316 Å². The Hall–Kier alpha value is -4.55. The second-order valence-corrected chi connectivity index (χ2v) is 14.8. The summed E-state index contributed by atoms with van der Waals surface area (Å²) in [7, 11) is 0. The van der Waals surface area contributed by atoms with Gasteiger partial charge in [0, 0.05) is 26.7 Å². The fourth-order valence-corrected chi connectivity index (χ4v) is 6.23. The van der Waals surface area contributed by atoms with Crippen molar-refractivity contribution in [2.75, 3.05) is 48.9 Å². The molecule has 7 N–H and O–H groups in total. The van der Waals surface area contributed by atoms with Crippen LogP contribution in [0.25, 0.3) is 11.0 Å². The number of fused-ring (bicyclic) bond motifs is 1. The maximum absolute atomic E-state index is 13.8. The molecule has 0 spiro atoms. The number of rotatable bonds is 11. The number of hydrogen-bond donors (Lipinski definition) is 6. The first-order valence-corrected chi connectivity index (χ1v) is 17.8.